The Labute approximate surface area is 171 Å². The Balaban J connectivity index is 1.54. The van der Waals surface area contributed by atoms with E-state index in [1.54, 1.807) is 6.20 Å². The molecule has 2 amide bonds. The molecule has 2 heterocycles. The molecule has 2 N–H and O–H groups in total. The Morgan fingerprint density at radius 1 is 1.03 bits per heavy atom. The standard InChI is InChI=1S/C23H28N4O2/c28-22(17-8-9-17)26-18-10-11-20(21(15-18)27-13-5-1-2-6-14-27)23(29)25-16-19-7-3-4-12-24-19/h3-4,7,10-12,15,17H,1-2,5-6,8-9,13-14,16H2,(H,25,29)(H,26,28). The average Bonchev–Trinajstić information content (AvgIpc) is 3.60. The van der Waals surface area contributed by atoms with Crippen LogP contribution < -0.4 is 15.5 Å². The fourth-order valence-electron chi connectivity index (χ4n) is 3.73. The molecule has 0 radical (unpaired) electrons. The van der Waals surface area contributed by atoms with Gasteiger partial charge in [0.25, 0.3) is 5.91 Å². The Kier molecular flexibility index (Phi) is 6.08. The molecule has 1 aliphatic heterocycles. The van der Waals surface area contributed by atoms with Crippen molar-refractivity contribution in [1.29, 1.82) is 0 Å². The summed E-state index contributed by atoms with van der Waals surface area (Å²) < 4.78 is 0. The highest BCUT2D eigenvalue weighted by Crippen LogP contribution is 2.32. The summed E-state index contributed by atoms with van der Waals surface area (Å²) in [5.74, 6) is 0.118. The minimum atomic E-state index is -0.116. The van der Waals surface area contributed by atoms with Gasteiger partial charge in [-0.25, -0.2) is 0 Å². The molecule has 0 spiro atoms. The molecular weight excluding hydrogens is 364 g/mol. The predicted molar refractivity (Wildman–Crippen MR) is 114 cm³/mol. The number of hydrogen-bond donors (Lipinski definition) is 2. The first-order valence-corrected chi connectivity index (χ1v) is 10.6. The SMILES string of the molecule is O=C(NCc1ccccn1)c1ccc(NC(=O)C2CC2)cc1N1CCCCCC1. The van der Waals surface area contributed by atoms with E-state index in [9.17, 15) is 9.59 Å². The zero-order valence-corrected chi connectivity index (χ0v) is 16.7. The van der Waals surface area contributed by atoms with Crippen LogP contribution in [0.2, 0.25) is 0 Å². The van der Waals surface area contributed by atoms with E-state index in [0.29, 0.717) is 12.1 Å². The largest absolute Gasteiger partial charge is 0.371 e. The Bertz CT molecular complexity index is 856. The second kappa shape index (κ2) is 9.07. The molecule has 6 nitrogen and oxygen atoms in total. The zero-order chi connectivity index (χ0) is 20.1. The lowest BCUT2D eigenvalue weighted by Gasteiger charge is -2.26. The van der Waals surface area contributed by atoms with Gasteiger partial charge in [0.2, 0.25) is 5.91 Å². The summed E-state index contributed by atoms with van der Waals surface area (Å²) in [6, 6.07) is 11.3. The van der Waals surface area contributed by atoms with Crippen molar-refractivity contribution in [3.05, 3.63) is 53.9 Å². The molecule has 1 saturated carbocycles. The maximum absolute atomic E-state index is 13.0. The van der Waals surface area contributed by atoms with Crippen molar-refractivity contribution in [2.24, 2.45) is 5.92 Å². The second-order valence-corrected chi connectivity index (χ2v) is 7.90. The van der Waals surface area contributed by atoms with E-state index in [2.05, 4.69) is 20.5 Å². The maximum atomic E-state index is 13.0. The summed E-state index contributed by atoms with van der Waals surface area (Å²) in [6.07, 6.45) is 8.34. The number of amides is 2. The molecule has 6 heteroatoms. The maximum Gasteiger partial charge on any atom is 0.253 e. The highest BCUT2D eigenvalue weighted by molar-refractivity contribution is 6.02. The van der Waals surface area contributed by atoms with E-state index in [-0.39, 0.29) is 17.7 Å². The number of nitrogens with one attached hydrogen (secondary N) is 2. The Morgan fingerprint density at radius 3 is 2.52 bits per heavy atom. The first-order chi connectivity index (χ1) is 14.2. The molecular formula is C23H28N4O2. The fraction of sp³-hybridized carbons (Fsp3) is 0.435. The number of carbonyl (C=O) groups excluding carboxylic acids is 2. The average molecular weight is 393 g/mol. The summed E-state index contributed by atoms with van der Waals surface area (Å²) in [5.41, 5.74) is 3.14. The van der Waals surface area contributed by atoms with E-state index < -0.39 is 0 Å². The van der Waals surface area contributed by atoms with E-state index in [1.807, 2.05) is 36.4 Å². The van der Waals surface area contributed by atoms with Gasteiger partial charge in [0, 0.05) is 30.9 Å². The summed E-state index contributed by atoms with van der Waals surface area (Å²) in [5, 5.41) is 6.00. The number of pyridine rings is 1. The molecule has 0 atom stereocenters. The molecule has 0 bridgehead atoms. The number of hydrogen-bond acceptors (Lipinski definition) is 4. The van der Waals surface area contributed by atoms with E-state index in [0.717, 1.165) is 55.8 Å². The van der Waals surface area contributed by atoms with Crippen LogP contribution in [0.4, 0.5) is 11.4 Å². The molecule has 29 heavy (non-hydrogen) atoms. The highest BCUT2D eigenvalue weighted by Gasteiger charge is 2.30. The van der Waals surface area contributed by atoms with Gasteiger partial charge in [-0.1, -0.05) is 18.9 Å². The van der Waals surface area contributed by atoms with Gasteiger partial charge in [0.05, 0.1) is 23.5 Å². The van der Waals surface area contributed by atoms with Gasteiger partial charge in [-0.2, -0.15) is 0 Å². The van der Waals surface area contributed by atoms with Crippen LogP contribution in [0.1, 0.15) is 54.6 Å². The van der Waals surface area contributed by atoms with Crippen LogP contribution in [0.5, 0.6) is 0 Å². The summed E-state index contributed by atoms with van der Waals surface area (Å²) in [7, 11) is 0. The molecule has 2 aliphatic rings. The molecule has 1 aliphatic carbocycles. The minimum Gasteiger partial charge on any atom is -0.371 e. The van der Waals surface area contributed by atoms with Crippen molar-refractivity contribution in [1.82, 2.24) is 10.3 Å². The van der Waals surface area contributed by atoms with Crippen molar-refractivity contribution < 1.29 is 9.59 Å². The molecule has 1 aromatic heterocycles. The third-order valence-electron chi connectivity index (χ3n) is 5.56. The van der Waals surface area contributed by atoms with E-state index in [4.69, 9.17) is 0 Å². The summed E-state index contributed by atoms with van der Waals surface area (Å²) in [4.78, 5) is 31.7. The van der Waals surface area contributed by atoms with Crippen LogP contribution in [0.15, 0.2) is 42.6 Å². The second-order valence-electron chi connectivity index (χ2n) is 7.90. The lowest BCUT2D eigenvalue weighted by atomic mass is 10.1. The fourth-order valence-corrected chi connectivity index (χ4v) is 3.73. The normalized spacial score (nSPS) is 16.8. The number of anilines is 2. The van der Waals surface area contributed by atoms with Gasteiger partial charge < -0.3 is 15.5 Å². The Morgan fingerprint density at radius 2 is 1.83 bits per heavy atom. The number of carbonyl (C=O) groups is 2. The lowest BCUT2D eigenvalue weighted by molar-refractivity contribution is -0.117. The Hall–Kier alpha value is -2.89. The first kappa shape index (κ1) is 19.4. The number of aromatic nitrogens is 1. The monoisotopic (exact) mass is 392 g/mol. The molecule has 0 unspecified atom stereocenters. The molecule has 1 aromatic carbocycles. The van der Waals surface area contributed by atoms with Crippen molar-refractivity contribution in [3.8, 4) is 0 Å². The minimum absolute atomic E-state index is 0.0826. The van der Waals surface area contributed by atoms with Crippen LogP contribution >= 0.6 is 0 Å². The van der Waals surface area contributed by atoms with Crippen LogP contribution in [0.3, 0.4) is 0 Å². The van der Waals surface area contributed by atoms with Crippen LogP contribution in [-0.4, -0.2) is 29.9 Å². The van der Waals surface area contributed by atoms with Gasteiger partial charge in [0.15, 0.2) is 0 Å². The lowest BCUT2D eigenvalue weighted by Crippen LogP contribution is -2.30. The van der Waals surface area contributed by atoms with Crippen molar-refractivity contribution >= 4 is 23.2 Å². The van der Waals surface area contributed by atoms with Gasteiger partial charge in [-0.15, -0.1) is 0 Å². The summed E-state index contributed by atoms with van der Waals surface area (Å²) in [6.45, 7) is 2.25. The molecule has 1 saturated heterocycles. The predicted octanol–water partition coefficient (Wildman–Crippen LogP) is 3.74. The van der Waals surface area contributed by atoms with E-state index in [1.165, 1.54) is 12.8 Å². The number of rotatable bonds is 6. The summed E-state index contributed by atoms with van der Waals surface area (Å²) >= 11 is 0. The van der Waals surface area contributed by atoms with Crippen molar-refractivity contribution in [2.45, 2.75) is 45.1 Å². The third-order valence-corrected chi connectivity index (χ3v) is 5.56. The van der Waals surface area contributed by atoms with Gasteiger partial charge in [0.1, 0.15) is 0 Å². The number of benzene rings is 1. The number of nitrogens with zero attached hydrogens (tertiary/aromatic N) is 2. The molecule has 2 aromatic rings. The van der Waals surface area contributed by atoms with Crippen LogP contribution in [0, 0.1) is 5.92 Å². The van der Waals surface area contributed by atoms with Crippen molar-refractivity contribution in [3.63, 3.8) is 0 Å². The molecule has 4 rings (SSSR count). The van der Waals surface area contributed by atoms with E-state index >= 15 is 0 Å². The van der Waals surface area contributed by atoms with Gasteiger partial charge >= 0.3 is 0 Å². The zero-order valence-electron chi connectivity index (χ0n) is 16.7. The van der Waals surface area contributed by atoms with Crippen molar-refractivity contribution in [2.75, 3.05) is 23.3 Å². The smallest absolute Gasteiger partial charge is 0.253 e. The quantitative estimate of drug-likeness (QED) is 0.785. The third kappa shape index (κ3) is 5.13. The molecule has 2 fully saturated rings. The van der Waals surface area contributed by atoms with Gasteiger partial charge in [-0.3, -0.25) is 14.6 Å². The van der Waals surface area contributed by atoms with Gasteiger partial charge in [-0.05, 0) is 56.0 Å². The highest BCUT2D eigenvalue weighted by atomic mass is 16.2. The van der Waals surface area contributed by atoms with Crippen LogP contribution in [-0.2, 0) is 11.3 Å². The first-order valence-electron chi connectivity index (χ1n) is 10.6. The molecule has 152 valence electrons. The van der Waals surface area contributed by atoms with Crippen LogP contribution in [0.25, 0.3) is 0 Å². The topological polar surface area (TPSA) is 74.3 Å².